The molecule has 0 amide bonds. The van der Waals surface area contributed by atoms with Gasteiger partial charge < -0.3 is 5.32 Å². The van der Waals surface area contributed by atoms with Crippen molar-refractivity contribution >= 4 is 38.7 Å². The normalized spacial score (nSPS) is 11.4. The Bertz CT molecular complexity index is 756. The van der Waals surface area contributed by atoms with Crippen molar-refractivity contribution in [3.8, 4) is 0 Å². The standard InChI is InChI=1S/C14H14Cl2N2O2S/c1-9-6-7-17-14(16)13(9)18-8-10-11(15)4-3-5-12(10)21(2,19)20/h3-7,18H,8H2,1-2H3. The second-order valence-corrected chi connectivity index (χ2v) is 7.39. The summed E-state index contributed by atoms with van der Waals surface area (Å²) in [6.45, 7) is 2.13. The van der Waals surface area contributed by atoms with Crippen LogP contribution in [0.1, 0.15) is 11.1 Å². The largest absolute Gasteiger partial charge is 0.378 e. The molecule has 1 heterocycles. The maximum atomic E-state index is 11.8. The van der Waals surface area contributed by atoms with Crippen LogP contribution >= 0.6 is 23.2 Å². The van der Waals surface area contributed by atoms with Crippen LogP contribution in [0.25, 0.3) is 0 Å². The van der Waals surface area contributed by atoms with Gasteiger partial charge in [-0.25, -0.2) is 13.4 Å². The molecule has 21 heavy (non-hydrogen) atoms. The number of rotatable bonds is 4. The average Bonchev–Trinajstić information content (AvgIpc) is 2.38. The molecule has 0 aliphatic heterocycles. The molecule has 0 aliphatic rings. The Kier molecular flexibility index (Phi) is 4.76. The molecule has 1 aromatic carbocycles. The van der Waals surface area contributed by atoms with Gasteiger partial charge >= 0.3 is 0 Å². The minimum absolute atomic E-state index is 0.208. The van der Waals surface area contributed by atoms with E-state index in [1.807, 2.05) is 13.0 Å². The summed E-state index contributed by atoms with van der Waals surface area (Å²) < 4.78 is 23.7. The highest BCUT2D eigenvalue weighted by molar-refractivity contribution is 7.90. The fourth-order valence-corrected chi connectivity index (χ4v) is 3.50. The first-order valence-corrected chi connectivity index (χ1v) is 8.78. The molecule has 0 saturated carbocycles. The third-order valence-corrected chi connectivity index (χ3v) is 4.85. The monoisotopic (exact) mass is 344 g/mol. The number of benzene rings is 1. The number of anilines is 1. The number of hydrogen-bond donors (Lipinski definition) is 1. The Hall–Kier alpha value is -1.30. The Morgan fingerprint density at radius 1 is 1.24 bits per heavy atom. The minimum Gasteiger partial charge on any atom is -0.378 e. The molecule has 1 aromatic heterocycles. The lowest BCUT2D eigenvalue weighted by Gasteiger charge is -2.14. The summed E-state index contributed by atoms with van der Waals surface area (Å²) in [7, 11) is -3.35. The Labute approximate surface area is 134 Å². The number of aromatic nitrogens is 1. The lowest BCUT2D eigenvalue weighted by Crippen LogP contribution is -2.09. The van der Waals surface area contributed by atoms with E-state index >= 15 is 0 Å². The van der Waals surface area contributed by atoms with Crippen LogP contribution in [0.15, 0.2) is 35.4 Å². The first-order valence-electron chi connectivity index (χ1n) is 6.13. The van der Waals surface area contributed by atoms with Crippen LogP contribution in [0.4, 0.5) is 5.69 Å². The zero-order chi connectivity index (χ0) is 15.6. The molecule has 2 rings (SSSR count). The van der Waals surface area contributed by atoms with Crippen LogP contribution in [0, 0.1) is 6.92 Å². The maximum absolute atomic E-state index is 11.8. The molecule has 0 aliphatic carbocycles. The average molecular weight is 345 g/mol. The van der Waals surface area contributed by atoms with Crippen molar-refractivity contribution < 1.29 is 8.42 Å². The lowest BCUT2D eigenvalue weighted by atomic mass is 10.2. The topological polar surface area (TPSA) is 59.1 Å². The van der Waals surface area contributed by atoms with Gasteiger partial charge in [-0.05, 0) is 30.7 Å². The van der Waals surface area contributed by atoms with Crippen LogP contribution in [-0.4, -0.2) is 19.7 Å². The molecule has 0 atom stereocenters. The van der Waals surface area contributed by atoms with Crippen molar-refractivity contribution in [1.29, 1.82) is 0 Å². The highest BCUT2D eigenvalue weighted by Gasteiger charge is 2.16. The van der Waals surface area contributed by atoms with Crippen molar-refractivity contribution in [2.75, 3.05) is 11.6 Å². The van der Waals surface area contributed by atoms with Crippen molar-refractivity contribution in [3.05, 3.63) is 51.8 Å². The minimum atomic E-state index is -3.35. The van der Waals surface area contributed by atoms with Gasteiger partial charge in [-0.3, -0.25) is 0 Å². The Morgan fingerprint density at radius 3 is 2.57 bits per heavy atom. The second kappa shape index (κ2) is 6.22. The second-order valence-electron chi connectivity index (χ2n) is 4.64. The number of hydrogen-bond acceptors (Lipinski definition) is 4. The predicted molar refractivity (Wildman–Crippen MR) is 85.9 cm³/mol. The van der Waals surface area contributed by atoms with E-state index in [9.17, 15) is 8.42 Å². The molecular formula is C14H14Cl2N2O2S. The van der Waals surface area contributed by atoms with Crippen molar-refractivity contribution in [2.45, 2.75) is 18.4 Å². The molecule has 0 spiro atoms. The zero-order valence-electron chi connectivity index (χ0n) is 11.5. The summed E-state index contributed by atoms with van der Waals surface area (Å²) in [5, 5.41) is 3.84. The van der Waals surface area contributed by atoms with Crippen LogP contribution in [-0.2, 0) is 16.4 Å². The molecule has 0 radical (unpaired) electrons. The first-order chi connectivity index (χ1) is 9.80. The fourth-order valence-electron chi connectivity index (χ4n) is 1.97. The number of nitrogens with zero attached hydrogens (tertiary/aromatic N) is 1. The van der Waals surface area contributed by atoms with Crippen molar-refractivity contribution in [2.24, 2.45) is 0 Å². The Balaban J connectivity index is 2.37. The van der Waals surface area contributed by atoms with Crippen molar-refractivity contribution in [3.63, 3.8) is 0 Å². The van der Waals surface area contributed by atoms with Gasteiger partial charge in [0.15, 0.2) is 15.0 Å². The van der Waals surface area contributed by atoms with Crippen LogP contribution in [0.2, 0.25) is 10.2 Å². The van der Waals surface area contributed by atoms with Gasteiger partial charge in [0.1, 0.15) is 0 Å². The highest BCUT2D eigenvalue weighted by Crippen LogP contribution is 2.28. The number of sulfone groups is 1. The molecule has 4 nitrogen and oxygen atoms in total. The van der Waals surface area contributed by atoms with E-state index in [0.717, 1.165) is 11.8 Å². The van der Waals surface area contributed by atoms with E-state index in [4.69, 9.17) is 23.2 Å². The third kappa shape index (κ3) is 3.67. The maximum Gasteiger partial charge on any atom is 0.175 e. The summed E-state index contributed by atoms with van der Waals surface area (Å²) in [5.74, 6) is 0. The van der Waals surface area contributed by atoms with E-state index in [1.165, 1.54) is 6.07 Å². The summed E-state index contributed by atoms with van der Waals surface area (Å²) in [6, 6.07) is 6.63. The number of halogens is 2. The smallest absolute Gasteiger partial charge is 0.175 e. The number of nitrogens with one attached hydrogen (secondary N) is 1. The van der Waals surface area contributed by atoms with Gasteiger partial charge in [-0.1, -0.05) is 29.3 Å². The van der Waals surface area contributed by atoms with Gasteiger partial charge in [0.25, 0.3) is 0 Å². The lowest BCUT2D eigenvalue weighted by molar-refractivity contribution is 0.601. The van der Waals surface area contributed by atoms with Gasteiger partial charge in [0.05, 0.1) is 10.6 Å². The summed E-state index contributed by atoms with van der Waals surface area (Å²) >= 11 is 12.2. The van der Waals surface area contributed by atoms with Crippen molar-refractivity contribution in [1.82, 2.24) is 4.98 Å². The molecular weight excluding hydrogens is 331 g/mol. The molecule has 0 saturated heterocycles. The molecule has 0 fully saturated rings. The molecule has 1 N–H and O–H groups in total. The van der Waals surface area contributed by atoms with Gasteiger partial charge in [-0.2, -0.15) is 0 Å². The first kappa shape index (κ1) is 16.1. The highest BCUT2D eigenvalue weighted by atomic mass is 35.5. The quantitative estimate of drug-likeness (QED) is 0.858. The zero-order valence-corrected chi connectivity index (χ0v) is 13.9. The van der Waals surface area contributed by atoms with E-state index in [1.54, 1.807) is 18.3 Å². The molecule has 0 bridgehead atoms. The SMILES string of the molecule is Cc1ccnc(Cl)c1NCc1c(Cl)cccc1S(C)(=O)=O. The summed E-state index contributed by atoms with van der Waals surface area (Å²) in [5.41, 5.74) is 2.10. The number of pyridine rings is 1. The predicted octanol–water partition coefficient (Wildman–Crippen LogP) is 3.71. The molecule has 2 aromatic rings. The van der Waals surface area contributed by atoms with E-state index in [0.29, 0.717) is 21.4 Å². The molecule has 0 unspecified atom stereocenters. The summed E-state index contributed by atoms with van der Waals surface area (Å²) in [6.07, 6.45) is 2.77. The summed E-state index contributed by atoms with van der Waals surface area (Å²) in [4.78, 5) is 4.21. The van der Waals surface area contributed by atoms with Crippen LogP contribution in [0.3, 0.4) is 0 Å². The van der Waals surface area contributed by atoms with E-state index in [2.05, 4.69) is 10.3 Å². The van der Waals surface area contributed by atoms with Gasteiger partial charge in [0.2, 0.25) is 0 Å². The van der Waals surface area contributed by atoms with E-state index in [-0.39, 0.29) is 11.4 Å². The van der Waals surface area contributed by atoms with Crippen LogP contribution in [0.5, 0.6) is 0 Å². The Morgan fingerprint density at radius 2 is 1.95 bits per heavy atom. The fraction of sp³-hybridized carbons (Fsp3) is 0.214. The van der Waals surface area contributed by atoms with E-state index < -0.39 is 9.84 Å². The number of aryl methyl sites for hydroxylation is 1. The molecule has 112 valence electrons. The molecule has 7 heteroatoms. The third-order valence-electron chi connectivity index (χ3n) is 3.03. The van der Waals surface area contributed by atoms with Gasteiger partial charge in [0, 0.05) is 29.6 Å². The van der Waals surface area contributed by atoms with Gasteiger partial charge in [-0.15, -0.1) is 0 Å². The van der Waals surface area contributed by atoms with Crippen LogP contribution < -0.4 is 5.32 Å².